The number of benzene rings is 2. The summed E-state index contributed by atoms with van der Waals surface area (Å²) >= 11 is 9.49. The molecule has 6 heteroatoms. The molecule has 2 amide bonds. The zero-order chi connectivity index (χ0) is 16.7. The molecule has 1 aliphatic rings. The van der Waals surface area contributed by atoms with E-state index in [-0.39, 0.29) is 11.8 Å². The SMILES string of the molecule is CC(=O)N1c2ccc(Cl)cc2N(C(C)=O)C1c1ccc(Br)cc1. The molecular weight excluding hydrogens is 380 g/mol. The van der Waals surface area contributed by atoms with E-state index in [9.17, 15) is 9.59 Å². The molecule has 0 N–H and O–H groups in total. The number of rotatable bonds is 1. The number of carbonyl (C=O) groups is 2. The molecule has 0 aromatic heterocycles. The third-order valence-electron chi connectivity index (χ3n) is 3.79. The Bertz CT molecular complexity index is 792. The van der Waals surface area contributed by atoms with Gasteiger partial charge in [-0.3, -0.25) is 19.4 Å². The smallest absolute Gasteiger partial charge is 0.225 e. The van der Waals surface area contributed by atoms with Gasteiger partial charge in [-0.15, -0.1) is 0 Å². The first kappa shape index (κ1) is 16.0. The fourth-order valence-corrected chi connectivity index (χ4v) is 3.32. The number of anilines is 2. The van der Waals surface area contributed by atoms with Gasteiger partial charge in [0.1, 0.15) is 6.17 Å². The largest absolute Gasteiger partial charge is 0.285 e. The van der Waals surface area contributed by atoms with Crippen molar-refractivity contribution in [3.8, 4) is 0 Å². The molecule has 0 radical (unpaired) electrons. The van der Waals surface area contributed by atoms with Crippen LogP contribution in [0.1, 0.15) is 25.6 Å². The Labute approximate surface area is 147 Å². The Balaban J connectivity index is 2.21. The van der Waals surface area contributed by atoms with E-state index >= 15 is 0 Å². The van der Waals surface area contributed by atoms with Crippen LogP contribution in [0.15, 0.2) is 46.9 Å². The number of nitrogens with zero attached hydrogens (tertiary/aromatic N) is 2. The van der Waals surface area contributed by atoms with E-state index in [0.717, 1.165) is 10.0 Å². The second-order valence-corrected chi connectivity index (χ2v) is 6.69. The number of amides is 2. The third kappa shape index (κ3) is 2.75. The lowest BCUT2D eigenvalue weighted by Crippen LogP contribution is -2.40. The second kappa shape index (κ2) is 5.98. The Morgan fingerprint density at radius 3 is 2.09 bits per heavy atom. The highest BCUT2D eigenvalue weighted by Crippen LogP contribution is 2.47. The Morgan fingerprint density at radius 2 is 1.52 bits per heavy atom. The van der Waals surface area contributed by atoms with Gasteiger partial charge in [-0.2, -0.15) is 0 Å². The normalized spacial score (nSPS) is 16.4. The second-order valence-electron chi connectivity index (χ2n) is 5.34. The summed E-state index contributed by atoms with van der Waals surface area (Å²) in [7, 11) is 0. The van der Waals surface area contributed by atoms with Crippen LogP contribution in [0.3, 0.4) is 0 Å². The van der Waals surface area contributed by atoms with Gasteiger partial charge in [-0.05, 0) is 35.9 Å². The van der Waals surface area contributed by atoms with Gasteiger partial charge in [0.15, 0.2) is 0 Å². The molecular formula is C17H14BrClN2O2. The van der Waals surface area contributed by atoms with E-state index in [4.69, 9.17) is 11.6 Å². The van der Waals surface area contributed by atoms with Crippen molar-refractivity contribution in [2.45, 2.75) is 20.0 Å². The average molecular weight is 394 g/mol. The molecule has 3 rings (SSSR count). The van der Waals surface area contributed by atoms with Gasteiger partial charge < -0.3 is 0 Å². The molecule has 118 valence electrons. The number of carbonyl (C=O) groups excluding carboxylic acids is 2. The van der Waals surface area contributed by atoms with Gasteiger partial charge in [0.05, 0.1) is 11.4 Å². The highest BCUT2D eigenvalue weighted by atomic mass is 79.9. The van der Waals surface area contributed by atoms with Crippen molar-refractivity contribution in [3.63, 3.8) is 0 Å². The van der Waals surface area contributed by atoms with Crippen LogP contribution in [0.5, 0.6) is 0 Å². The summed E-state index contributed by atoms with van der Waals surface area (Å²) in [5.41, 5.74) is 2.18. The highest BCUT2D eigenvalue weighted by molar-refractivity contribution is 9.10. The molecule has 0 bridgehead atoms. The first-order valence-electron chi connectivity index (χ1n) is 7.05. The Kier molecular flexibility index (Phi) is 4.17. The van der Waals surface area contributed by atoms with Crippen molar-refractivity contribution in [3.05, 3.63) is 57.5 Å². The number of hydrogen-bond acceptors (Lipinski definition) is 2. The molecule has 2 aromatic rings. The molecule has 2 aromatic carbocycles. The monoisotopic (exact) mass is 392 g/mol. The van der Waals surface area contributed by atoms with E-state index in [1.54, 1.807) is 28.0 Å². The van der Waals surface area contributed by atoms with Crippen molar-refractivity contribution in [1.82, 2.24) is 0 Å². The fourth-order valence-electron chi connectivity index (χ4n) is 2.89. The van der Waals surface area contributed by atoms with Crippen LogP contribution in [0.4, 0.5) is 11.4 Å². The van der Waals surface area contributed by atoms with Crippen molar-refractivity contribution < 1.29 is 9.59 Å². The lowest BCUT2D eigenvalue weighted by Gasteiger charge is -2.29. The van der Waals surface area contributed by atoms with E-state index < -0.39 is 6.17 Å². The maximum absolute atomic E-state index is 12.3. The third-order valence-corrected chi connectivity index (χ3v) is 4.56. The zero-order valence-corrected chi connectivity index (χ0v) is 14.9. The van der Waals surface area contributed by atoms with Gasteiger partial charge >= 0.3 is 0 Å². The quantitative estimate of drug-likeness (QED) is 0.714. The van der Waals surface area contributed by atoms with Gasteiger partial charge in [0.2, 0.25) is 11.8 Å². The lowest BCUT2D eigenvalue weighted by atomic mass is 10.1. The van der Waals surface area contributed by atoms with E-state index in [0.29, 0.717) is 16.4 Å². The van der Waals surface area contributed by atoms with Crippen LogP contribution in [-0.4, -0.2) is 11.8 Å². The summed E-state index contributed by atoms with van der Waals surface area (Å²) in [5.74, 6) is -0.282. The fraction of sp³-hybridized carbons (Fsp3) is 0.176. The molecule has 0 saturated heterocycles. The Morgan fingerprint density at radius 1 is 0.957 bits per heavy atom. The predicted octanol–water partition coefficient (Wildman–Crippen LogP) is 4.52. The standard InChI is InChI=1S/C17H14BrClN2O2/c1-10(22)20-15-8-7-14(19)9-16(15)21(11(2)23)17(20)12-3-5-13(18)6-4-12/h3-9,17H,1-2H3. The molecule has 0 aliphatic carbocycles. The summed E-state index contributed by atoms with van der Waals surface area (Å²) in [6.45, 7) is 2.98. The first-order valence-corrected chi connectivity index (χ1v) is 8.22. The molecule has 23 heavy (non-hydrogen) atoms. The lowest BCUT2D eigenvalue weighted by molar-refractivity contribution is -0.118. The van der Waals surface area contributed by atoms with Crippen LogP contribution in [0.25, 0.3) is 0 Å². The number of fused-ring (bicyclic) bond motifs is 1. The first-order chi connectivity index (χ1) is 10.9. The van der Waals surface area contributed by atoms with Crippen molar-refractivity contribution in [2.24, 2.45) is 0 Å². The Hall–Kier alpha value is -1.85. The van der Waals surface area contributed by atoms with Crippen molar-refractivity contribution >= 4 is 50.7 Å². The molecule has 1 atom stereocenters. The van der Waals surface area contributed by atoms with Crippen LogP contribution in [0, 0.1) is 0 Å². The van der Waals surface area contributed by atoms with Crippen molar-refractivity contribution in [2.75, 3.05) is 9.80 Å². The minimum atomic E-state index is -0.508. The van der Waals surface area contributed by atoms with E-state index in [1.807, 2.05) is 24.3 Å². The molecule has 1 heterocycles. The minimum absolute atomic E-state index is 0.134. The van der Waals surface area contributed by atoms with E-state index in [2.05, 4.69) is 15.9 Å². The van der Waals surface area contributed by atoms with E-state index in [1.165, 1.54) is 13.8 Å². The zero-order valence-electron chi connectivity index (χ0n) is 12.6. The summed E-state index contributed by atoms with van der Waals surface area (Å²) in [5, 5.41) is 0.523. The minimum Gasteiger partial charge on any atom is -0.285 e. The van der Waals surface area contributed by atoms with Gasteiger partial charge in [0, 0.05) is 23.3 Å². The van der Waals surface area contributed by atoms with Gasteiger partial charge in [-0.1, -0.05) is 39.7 Å². The van der Waals surface area contributed by atoms with Crippen LogP contribution in [0.2, 0.25) is 5.02 Å². The van der Waals surface area contributed by atoms with Gasteiger partial charge in [0.25, 0.3) is 0 Å². The summed E-state index contributed by atoms with van der Waals surface area (Å²) in [4.78, 5) is 27.8. The van der Waals surface area contributed by atoms with Crippen LogP contribution < -0.4 is 9.80 Å². The van der Waals surface area contributed by atoms with Gasteiger partial charge in [-0.25, -0.2) is 0 Å². The van der Waals surface area contributed by atoms with Crippen LogP contribution >= 0.6 is 27.5 Å². The van der Waals surface area contributed by atoms with Crippen molar-refractivity contribution in [1.29, 1.82) is 0 Å². The number of halogens is 2. The summed E-state index contributed by atoms with van der Waals surface area (Å²) in [6, 6.07) is 12.8. The topological polar surface area (TPSA) is 40.6 Å². The molecule has 1 aliphatic heterocycles. The summed E-state index contributed by atoms with van der Waals surface area (Å²) < 4.78 is 0.934. The maximum Gasteiger partial charge on any atom is 0.225 e. The molecule has 1 unspecified atom stereocenters. The molecule has 4 nitrogen and oxygen atoms in total. The molecule has 0 spiro atoms. The van der Waals surface area contributed by atoms with Crippen LogP contribution in [-0.2, 0) is 9.59 Å². The number of hydrogen-bond donors (Lipinski definition) is 0. The average Bonchev–Trinajstić information content (AvgIpc) is 2.82. The maximum atomic E-state index is 12.3. The molecule has 0 fully saturated rings. The highest BCUT2D eigenvalue weighted by Gasteiger charge is 2.41. The predicted molar refractivity (Wildman–Crippen MR) is 94.7 cm³/mol. The summed E-state index contributed by atoms with van der Waals surface area (Å²) in [6.07, 6.45) is -0.508. The molecule has 0 saturated carbocycles.